The second-order valence-electron chi connectivity index (χ2n) is 12.3. The summed E-state index contributed by atoms with van der Waals surface area (Å²) in [5.74, 6) is 0.114. The molecule has 3 aliphatic heterocycles. The third kappa shape index (κ3) is 5.87. The van der Waals surface area contributed by atoms with Gasteiger partial charge in [0.05, 0.1) is 24.8 Å². The van der Waals surface area contributed by atoms with Crippen LogP contribution in [-0.2, 0) is 31.6 Å². The minimum Gasteiger partial charge on any atom is -0.497 e. The zero-order valence-corrected chi connectivity index (χ0v) is 29.0. The normalized spacial score (nSPS) is 21.6. The lowest BCUT2D eigenvalue weighted by Crippen LogP contribution is -2.57. The Balaban J connectivity index is 1.57. The van der Waals surface area contributed by atoms with E-state index in [1.165, 1.54) is 43.4 Å². The van der Waals surface area contributed by atoms with E-state index in [1.807, 2.05) is 18.2 Å². The van der Waals surface area contributed by atoms with Gasteiger partial charge >= 0.3 is 6.09 Å². The smallest absolute Gasteiger partial charge is 0.410 e. The van der Waals surface area contributed by atoms with Gasteiger partial charge in [-0.3, -0.25) is 9.69 Å². The van der Waals surface area contributed by atoms with Crippen molar-refractivity contribution in [1.82, 2.24) is 20.0 Å². The quantitative estimate of drug-likeness (QED) is 0.353. The van der Waals surface area contributed by atoms with Crippen LogP contribution in [0.2, 0.25) is 5.02 Å². The molecule has 0 aliphatic carbocycles. The van der Waals surface area contributed by atoms with Crippen LogP contribution in [0.15, 0.2) is 65.6 Å². The summed E-state index contributed by atoms with van der Waals surface area (Å²) in [6, 6.07) is 16.2. The third-order valence-corrected chi connectivity index (χ3v) is 11.1. The van der Waals surface area contributed by atoms with Gasteiger partial charge in [-0.1, -0.05) is 23.7 Å². The van der Waals surface area contributed by atoms with Gasteiger partial charge in [0.15, 0.2) is 11.8 Å². The summed E-state index contributed by atoms with van der Waals surface area (Å²) >= 11 is 6.63. The number of carbonyl (C=O) groups is 2. The van der Waals surface area contributed by atoms with Gasteiger partial charge < -0.3 is 24.4 Å². The van der Waals surface area contributed by atoms with E-state index in [4.69, 9.17) is 25.8 Å². The van der Waals surface area contributed by atoms with Crippen LogP contribution in [0.4, 0.5) is 10.5 Å². The number of fused-ring (bicyclic) bond motifs is 1. The van der Waals surface area contributed by atoms with Gasteiger partial charge in [0.1, 0.15) is 11.5 Å². The van der Waals surface area contributed by atoms with E-state index >= 15 is 4.79 Å². The summed E-state index contributed by atoms with van der Waals surface area (Å²) in [4.78, 5) is 33.6. The molecule has 256 valence electrons. The van der Waals surface area contributed by atoms with Crippen LogP contribution in [-0.4, -0.2) is 102 Å². The first kappa shape index (κ1) is 34.0. The fourth-order valence-corrected chi connectivity index (χ4v) is 8.49. The highest BCUT2D eigenvalue weighted by Gasteiger charge is 2.63. The van der Waals surface area contributed by atoms with E-state index in [2.05, 4.69) is 10.2 Å². The molecule has 48 heavy (non-hydrogen) atoms. The van der Waals surface area contributed by atoms with Crippen LogP contribution in [0.5, 0.6) is 11.5 Å². The fraction of sp³-hybridized carbons (Fsp3) is 0.412. The Labute approximate surface area is 286 Å². The summed E-state index contributed by atoms with van der Waals surface area (Å²) in [6.45, 7) is 4.57. The average molecular weight is 698 g/mol. The number of anilines is 1. The topological polar surface area (TPSA) is 121 Å². The monoisotopic (exact) mass is 697 g/mol. The fourth-order valence-electron chi connectivity index (χ4n) is 6.86. The van der Waals surface area contributed by atoms with E-state index in [0.29, 0.717) is 53.6 Å². The SMILES string of the molecule is COc1ccc(S(=O)(=O)N2C(=O)C(c3ccc(CN4CCNCC4)cc3OC)(N3CCCC3OC(=O)N(C)C)c3cc(Cl)ccc32)cc1. The number of rotatable bonds is 9. The molecule has 2 atom stereocenters. The first-order valence-corrected chi connectivity index (χ1v) is 17.6. The van der Waals surface area contributed by atoms with Crippen molar-refractivity contribution in [2.24, 2.45) is 0 Å². The zero-order valence-electron chi connectivity index (χ0n) is 27.4. The van der Waals surface area contributed by atoms with Crippen molar-refractivity contribution in [3.8, 4) is 11.5 Å². The maximum absolute atomic E-state index is 15.4. The standard InChI is InChI=1S/C34H40ClN5O7S/c1-37(2)33(42)47-31-6-5-17-39(31)34(27-13-7-23(20-30(27)46-4)22-38-18-15-36-16-19-38)28-21-24(35)8-14-29(28)40(32(34)41)48(43,44)26-11-9-25(45-3)10-12-26/h7-14,20-21,31,36H,5-6,15-19,22H2,1-4H3. The number of halogens is 1. The second kappa shape index (κ2) is 13.6. The van der Waals surface area contributed by atoms with Gasteiger partial charge in [0, 0.05) is 69.5 Å². The van der Waals surface area contributed by atoms with E-state index in [0.717, 1.165) is 36.0 Å². The molecule has 1 N–H and O–H groups in total. The Morgan fingerprint density at radius 3 is 2.38 bits per heavy atom. The Morgan fingerprint density at radius 2 is 1.71 bits per heavy atom. The summed E-state index contributed by atoms with van der Waals surface area (Å²) in [5, 5.41) is 3.67. The lowest BCUT2D eigenvalue weighted by Gasteiger charge is -2.41. The highest BCUT2D eigenvalue weighted by Crippen LogP contribution is 2.55. The maximum atomic E-state index is 15.4. The first-order valence-electron chi connectivity index (χ1n) is 15.8. The van der Waals surface area contributed by atoms with Gasteiger partial charge in [-0.2, -0.15) is 0 Å². The average Bonchev–Trinajstić information content (AvgIpc) is 3.64. The number of likely N-dealkylation sites (tertiary alicyclic amines) is 1. The molecule has 6 rings (SSSR count). The predicted octanol–water partition coefficient (Wildman–Crippen LogP) is 3.86. The molecule has 2 amide bonds. The Bertz CT molecular complexity index is 1800. The predicted molar refractivity (Wildman–Crippen MR) is 181 cm³/mol. The van der Waals surface area contributed by atoms with Crippen molar-refractivity contribution in [3.63, 3.8) is 0 Å². The Morgan fingerprint density at radius 1 is 0.979 bits per heavy atom. The van der Waals surface area contributed by atoms with Crippen LogP contribution in [0, 0.1) is 0 Å². The van der Waals surface area contributed by atoms with Gasteiger partial charge in [-0.25, -0.2) is 22.4 Å². The largest absolute Gasteiger partial charge is 0.497 e. The van der Waals surface area contributed by atoms with Gasteiger partial charge in [-0.05, 0) is 66.9 Å². The molecular weight excluding hydrogens is 658 g/mol. The molecule has 3 aliphatic rings. The lowest BCUT2D eigenvalue weighted by atomic mass is 9.81. The molecule has 14 heteroatoms. The number of amides is 2. The molecule has 12 nitrogen and oxygen atoms in total. The number of hydrogen-bond acceptors (Lipinski definition) is 10. The molecule has 0 bridgehead atoms. The maximum Gasteiger partial charge on any atom is 0.410 e. The minimum atomic E-state index is -4.46. The van der Waals surface area contributed by atoms with Crippen LogP contribution in [0.3, 0.4) is 0 Å². The number of sulfonamides is 1. The van der Waals surface area contributed by atoms with Gasteiger partial charge in [0.25, 0.3) is 15.9 Å². The Hall–Kier alpha value is -3.88. The molecular formula is C34H40ClN5O7S. The number of ether oxygens (including phenoxy) is 3. The minimum absolute atomic E-state index is 0.0938. The number of methoxy groups -OCH3 is 2. The number of piperazine rings is 1. The van der Waals surface area contributed by atoms with Crippen molar-refractivity contribution < 1.29 is 32.2 Å². The number of hydrogen-bond donors (Lipinski definition) is 1. The summed E-state index contributed by atoms with van der Waals surface area (Å²) < 4.78 is 47.0. The second-order valence-corrected chi connectivity index (χ2v) is 14.5. The van der Waals surface area contributed by atoms with Gasteiger partial charge in [0.2, 0.25) is 0 Å². The molecule has 3 heterocycles. The van der Waals surface area contributed by atoms with Crippen LogP contribution >= 0.6 is 11.6 Å². The van der Waals surface area contributed by atoms with Crippen molar-refractivity contribution in [2.45, 2.75) is 36.0 Å². The lowest BCUT2D eigenvalue weighted by molar-refractivity contribution is -0.132. The summed E-state index contributed by atoms with van der Waals surface area (Å²) in [5.41, 5.74) is 0.105. The molecule has 0 saturated carbocycles. The molecule has 2 fully saturated rings. The number of carbonyl (C=O) groups excluding carboxylic acids is 2. The van der Waals surface area contributed by atoms with Crippen molar-refractivity contribution in [2.75, 3.05) is 65.3 Å². The highest BCUT2D eigenvalue weighted by molar-refractivity contribution is 7.93. The molecule has 0 aromatic heterocycles. The molecule has 3 aromatic rings. The van der Waals surface area contributed by atoms with Crippen molar-refractivity contribution in [1.29, 1.82) is 0 Å². The Kier molecular flexibility index (Phi) is 9.60. The molecule has 0 radical (unpaired) electrons. The zero-order chi connectivity index (χ0) is 34.2. The van der Waals surface area contributed by atoms with Crippen molar-refractivity contribution >= 4 is 39.3 Å². The van der Waals surface area contributed by atoms with Crippen LogP contribution in [0.1, 0.15) is 29.5 Å². The third-order valence-electron chi connectivity index (χ3n) is 9.16. The summed E-state index contributed by atoms with van der Waals surface area (Å²) in [6.07, 6.45) is -0.422. The van der Waals surface area contributed by atoms with Crippen LogP contribution in [0.25, 0.3) is 0 Å². The van der Waals surface area contributed by atoms with E-state index in [-0.39, 0.29) is 10.6 Å². The number of nitrogens with zero attached hydrogens (tertiary/aromatic N) is 4. The van der Waals surface area contributed by atoms with E-state index in [9.17, 15) is 13.2 Å². The molecule has 2 saturated heterocycles. The number of nitrogens with one attached hydrogen (secondary N) is 1. The molecule has 3 aromatic carbocycles. The molecule has 0 spiro atoms. The van der Waals surface area contributed by atoms with E-state index < -0.39 is 33.8 Å². The highest BCUT2D eigenvalue weighted by atomic mass is 35.5. The van der Waals surface area contributed by atoms with Gasteiger partial charge in [-0.15, -0.1) is 0 Å². The number of benzene rings is 3. The molecule has 2 unspecified atom stereocenters. The van der Waals surface area contributed by atoms with E-state index in [1.54, 1.807) is 37.2 Å². The van der Waals surface area contributed by atoms with Crippen LogP contribution < -0.4 is 19.1 Å². The van der Waals surface area contributed by atoms with Crippen molar-refractivity contribution in [3.05, 3.63) is 82.4 Å². The first-order chi connectivity index (χ1) is 23.0. The summed E-state index contributed by atoms with van der Waals surface area (Å²) in [7, 11) is 1.71.